The van der Waals surface area contributed by atoms with E-state index in [1.807, 2.05) is 38.1 Å². The van der Waals surface area contributed by atoms with Crippen molar-refractivity contribution in [1.29, 1.82) is 0 Å². The second kappa shape index (κ2) is 6.70. The minimum absolute atomic E-state index is 0.178. The minimum Gasteiger partial charge on any atom is -0.317 e. The van der Waals surface area contributed by atoms with Crippen molar-refractivity contribution in [2.75, 3.05) is 18.8 Å². The molecule has 1 aliphatic heterocycles. The van der Waals surface area contributed by atoms with E-state index in [-0.39, 0.29) is 17.7 Å². The zero-order valence-corrected chi connectivity index (χ0v) is 13.0. The summed E-state index contributed by atoms with van der Waals surface area (Å²) in [7, 11) is -3.22. The Morgan fingerprint density at radius 1 is 1.30 bits per heavy atom. The SMILES string of the molecule is Cc1ccccc1C(C)NS(=O)(=O)CC1CCNCC1. The lowest BCUT2D eigenvalue weighted by atomic mass is 10.0. The van der Waals surface area contributed by atoms with E-state index in [0.29, 0.717) is 0 Å². The van der Waals surface area contributed by atoms with Gasteiger partial charge in [-0.2, -0.15) is 0 Å². The molecule has 0 bridgehead atoms. The summed E-state index contributed by atoms with van der Waals surface area (Å²) in [5, 5.41) is 3.26. The van der Waals surface area contributed by atoms with Crippen LogP contribution in [0, 0.1) is 12.8 Å². The molecule has 5 heteroatoms. The smallest absolute Gasteiger partial charge is 0.212 e. The molecule has 0 spiro atoms. The van der Waals surface area contributed by atoms with Crippen LogP contribution in [0.3, 0.4) is 0 Å². The van der Waals surface area contributed by atoms with Gasteiger partial charge in [-0.05, 0) is 56.8 Å². The molecule has 0 aliphatic carbocycles. The summed E-state index contributed by atoms with van der Waals surface area (Å²) in [4.78, 5) is 0. The van der Waals surface area contributed by atoms with Gasteiger partial charge in [0.1, 0.15) is 0 Å². The lowest BCUT2D eigenvalue weighted by Crippen LogP contribution is -2.36. The van der Waals surface area contributed by atoms with Crippen LogP contribution in [0.1, 0.15) is 36.9 Å². The molecular weight excluding hydrogens is 272 g/mol. The van der Waals surface area contributed by atoms with Crippen LogP contribution in [-0.2, 0) is 10.0 Å². The molecule has 1 saturated heterocycles. The Morgan fingerprint density at radius 3 is 2.60 bits per heavy atom. The van der Waals surface area contributed by atoms with Crippen LogP contribution in [0.5, 0.6) is 0 Å². The molecule has 0 saturated carbocycles. The van der Waals surface area contributed by atoms with Gasteiger partial charge in [0.05, 0.1) is 5.75 Å². The third-order valence-electron chi connectivity index (χ3n) is 3.93. The van der Waals surface area contributed by atoms with E-state index >= 15 is 0 Å². The van der Waals surface area contributed by atoms with Crippen molar-refractivity contribution in [1.82, 2.24) is 10.0 Å². The monoisotopic (exact) mass is 296 g/mol. The highest BCUT2D eigenvalue weighted by Gasteiger charge is 2.23. The molecule has 0 aromatic heterocycles. The largest absolute Gasteiger partial charge is 0.317 e. The van der Waals surface area contributed by atoms with Gasteiger partial charge in [0.15, 0.2) is 0 Å². The maximum atomic E-state index is 12.3. The highest BCUT2D eigenvalue weighted by Crippen LogP contribution is 2.19. The Hall–Kier alpha value is -0.910. The predicted octanol–water partition coefficient (Wildman–Crippen LogP) is 1.98. The summed E-state index contributed by atoms with van der Waals surface area (Å²) in [5.41, 5.74) is 2.16. The highest BCUT2D eigenvalue weighted by molar-refractivity contribution is 7.89. The van der Waals surface area contributed by atoms with Gasteiger partial charge in [0.25, 0.3) is 0 Å². The van der Waals surface area contributed by atoms with E-state index in [4.69, 9.17) is 0 Å². The van der Waals surface area contributed by atoms with Gasteiger partial charge in [0.2, 0.25) is 10.0 Å². The first-order chi connectivity index (χ1) is 9.48. The molecule has 1 aliphatic rings. The molecular formula is C15H24N2O2S. The fourth-order valence-corrected chi connectivity index (χ4v) is 4.53. The third-order valence-corrected chi connectivity index (χ3v) is 5.55. The fraction of sp³-hybridized carbons (Fsp3) is 0.600. The van der Waals surface area contributed by atoms with Crippen molar-refractivity contribution in [2.24, 2.45) is 5.92 Å². The molecule has 0 radical (unpaired) electrons. The Kier molecular flexibility index (Phi) is 5.18. The Balaban J connectivity index is 1.98. The maximum Gasteiger partial charge on any atom is 0.212 e. The molecule has 4 nitrogen and oxygen atoms in total. The topological polar surface area (TPSA) is 58.2 Å². The quantitative estimate of drug-likeness (QED) is 0.873. The molecule has 112 valence electrons. The normalized spacial score (nSPS) is 18.9. The van der Waals surface area contributed by atoms with Crippen molar-refractivity contribution in [3.63, 3.8) is 0 Å². The molecule has 20 heavy (non-hydrogen) atoms. The summed E-state index contributed by atoms with van der Waals surface area (Å²) in [5.74, 6) is 0.517. The number of hydrogen-bond acceptors (Lipinski definition) is 3. The summed E-state index contributed by atoms with van der Waals surface area (Å²) < 4.78 is 27.3. The van der Waals surface area contributed by atoms with E-state index in [0.717, 1.165) is 37.1 Å². The van der Waals surface area contributed by atoms with Crippen LogP contribution in [0.15, 0.2) is 24.3 Å². The lowest BCUT2D eigenvalue weighted by molar-refractivity contribution is 0.399. The molecule has 1 aromatic rings. The van der Waals surface area contributed by atoms with Crippen LogP contribution in [0.4, 0.5) is 0 Å². The van der Waals surface area contributed by atoms with Gasteiger partial charge >= 0.3 is 0 Å². The van der Waals surface area contributed by atoms with Gasteiger partial charge in [-0.1, -0.05) is 24.3 Å². The number of benzene rings is 1. The van der Waals surface area contributed by atoms with Gasteiger partial charge in [0, 0.05) is 6.04 Å². The molecule has 1 aromatic carbocycles. The van der Waals surface area contributed by atoms with Crippen molar-refractivity contribution in [2.45, 2.75) is 32.7 Å². The number of hydrogen-bond donors (Lipinski definition) is 2. The molecule has 2 rings (SSSR count). The van der Waals surface area contributed by atoms with Crippen LogP contribution >= 0.6 is 0 Å². The number of piperidine rings is 1. The van der Waals surface area contributed by atoms with E-state index < -0.39 is 10.0 Å². The Bertz CT molecular complexity index is 537. The van der Waals surface area contributed by atoms with Gasteiger partial charge in [-0.25, -0.2) is 13.1 Å². The summed E-state index contributed by atoms with van der Waals surface area (Å²) in [6.07, 6.45) is 1.89. The van der Waals surface area contributed by atoms with E-state index in [1.54, 1.807) is 0 Å². The molecule has 1 fully saturated rings. The zero-order chi connectivity index (χ0) is 14.6. The van der Waals surface area contributed by atoms with Gasteiger partial charge in [-0.3, -0.25) is 0 Å². The maximum absolute atomic E-state index is 12.3. The predicted molar refractivity (Wildman–Crippen MR) is 82.1 cm³/mol. The summed E-state index contributed by atoms with van der Waals surface area (Å²) in [6.45, 7) is 5.76. The molecule has 1 atom stereocenters. The van der Waals surface area contributed by atoms with Crippen LogP contribution in [0.25, 0.3) is 0 Å². The van der Waals surface area contributed by atoms with Crippen molar-refractivity contribution in [3.05, 3.63) is 35.4 Å². The molecule has 2 N–H and O–H groups in total. The minimum atomic E-state index is -3.22. The number of rotatable bonds is 5. The molecule has 1 unspecified atom stereocenters. The van der Waals surface area contributed by atoms with E-state index in [9.17, 15) is 8.42 Å². The first-order valence-corrected chi connectivity index (χ1v) is 8.89. The second-order valence-corrected chi connectivity index (χ2v) is 7.47. The first-order valence-electron chi connectivity index (χ1n) is 7.24. The van der Waals surface area contributed by atoms with Crippen molar-refractivity contribution in [3.8, 4) is 0 Å². The van der Waals surface area contributed by atoms with Gasteiger partial charge in [-0.15, -0.1) is 0 Å². The average Bonchev–Trinajstić information content (AvgIpc) is 2.39. The van der Waals surface area contributed by atoms with Gasteiger partial charge < -0.3 is 5.32 Å². The number of sulfonamides is 1. The van der Waals surface area contributed by atoms with Crippen LogP contribution in [0.2, 0.25) is 0 Å². The fourth-order valence-electron chi connectivity index (χ4n) is 2.81. The second-order valence-electron chi connectivity index (χ2n) is 5.67. The Labute approximate surface area is 122 Å². The standard InChI is InChI=1S/C15H24N2O2S/c1-12-5-3-4-6-15(12)13(2)17-20(18,19)11-14-7-9-16-10-8-14/h3-6,13-14,16-17H,7-11H2,1-2H3. The van der Waals surface area contributed by atoms with E-state index in [2.05, 4.69) is 10.0 Å². The summed E-state index contributed by atoms with van der Waals surface area (Å²) >= 11 is 0. The van der Waals surface area contributed by atoms with Crippen LogP contribution in [-0.4, -0.2) is 27.3 Å². The lowest BCUT2D eigenvalue weighted by Gasteiger charge is -2.24. The van der Waals surface area contributed by atoms with Crippen molar-refractivity contribution >= 4 is 10.0 Å². The Morgan fingerprint density at radius 2 is 1.95 bits per heavy atom. The third kappa shape index (κ3) is 4.30. The molecule has 0 amide bonds. The van der Waals surface area contributed by atoms with Crippen LogP contribution < -0.4 is 10.0 Å². The zero-order valence-electron chi connectivity index (χ0n) is 12.2. The average molecular weight is 296 g/mol. The number of aryl methyl sites for hydroxylation is 1. The van der Waals surface area contributed by atoms with Crippen molar-refractivity contribution < 1.29 is 8.42 Å². The first kappa shape index (κ1) is 15.5. The van der Waals surface area contributed by atoms with E-state index in [1.165, 1.54) is 0 Å². The summed E-state index contributed by atoms with van der Waals surface area (Å²) in [6, 6.07) is 7.72. The number of nitrogens with one attached hydrogen (secondary N) is 2. The molecule has 1 heterocycles. The highest BCUT2D eigenvalue weighted by atomic mass is 32.2.